The molecule has 7 heteroatoms. The molecule has 0 aliphatic heterocycles. The largest absolute Gasteiger partial charge is 0.466 e. The van der Waals surface area contributed by atoms with E-state index in [0.29, 0.717) is 0 Å². The number of aliphatic hydroxyl groups excluding tert-OH is 1. The van der Waals surface area contributed by atoms with Crippen LogP contribution in [0.3, 0.4) is 0 Å². The van der Waals surface area contributed by atoms with Gasteiger partial charge in [-0.05, 0) is 6.92 Å². The van der Waals surface area contributed by atoms with Gasteiger partial charge in [0.05, 0.1) is 25.7 Å². The van der Waals surface area contributed by atoms with Crippen molar-refractivity contribution >= 4 is 5.97 Å². The standard InChI is InChI=1S/C10H14N2O5/c1-2-17-10(16)5-7(13)6-12-9(15)4-3-8(14)11-12/h3-4,7,13H,2,5-6H2,1H3,(H,11,14). The number of carbonyl (C=O) groups is 1. The Morgan fingerprint density at radius 2 is 2.24 bits per heavy atom. The zero-order valence-electron chi connectivity index (χ0n) is 9.38. The molecule has 2 N–H and O–H groups in total. The average molecular weight is 242 g/mol. The van der Waals surface area contributed by atoms with Crippen LogP contribution in [0.4, 0.5) is 0 Å². The summed E-state index contributed by atoms with van der Waals surface area (Å²) in [5.41, 5.74) is -0.902. The number of nitrogens with zero attached hydrogens (tertiary/aromatic N) is 1. The molecule has 1 heterocycles. The van der Waals surface area contributed by atoms with E-state index in [1.807, 2.05) is 0 Å². The van der Waals surface area contributed by atoms with Gasteiger partial charge in [0.1, 0.15) is 0 Å². The van der Waals surface area contributed by atoms with Crippen LogP contribution < -0.4 is 11.1 Å². The van der Waals surface area contributed by atoms with Gasteiger partial charge in [-0.3, -0.25) is 19.5 Å². The molecule has 1 unspecified atom stereocenters. The van der Waals surface area contributed by atoms with Crippen LogP contribution in [0.25, 0.3) is 0 Å². The first-order valence-electron chi connectivity index (χ1n) is 5.16. The van der Waals surface area contributed by atoms with Crippen molar-refractivity contribution < 1.29 is 14.6 Å². The molecule has 0 bridgehead atoms. The predicted octanol–water partition coefficient (Wildman–Crippen LogP) is -1.15. The quantitative estimate of drug-likeness (QED) is 0.635. The van der Waals surface area contributed by atoms with Gasteiger partial charge in [0.25, 0.3) is 11.1 Å². The highest BCUT2D eigenvalue weighted by molar-refractivity contribution is 5.69. The van der Waals surface area contributed by atoms with E-state index in [9.17, 15) is 19.5 Å². The minimum absolute atomic E-state index is 0.159. The van der Waals surface area contributed by atoms with Crippen molar-refractivity contribution in [3.05, 3.63) is 32.8 Å². The van der Waals surface area contributed by atoms with E-state index in [4.69, 9.17) is 0 Å². The average Bonchev–Trinajstić information content (AvgIpc) is 2.23. The molecule has 1 rings (SSSR count). The van der Waals surface area contributed by atoms with Gasteiger partial charge in [0, 0.05) is 12.1 Å². The number of H-pyrrole nitrogens is 1. The lowest BCUT2D eigenvalue weighted by molar-refractivity contribution is -0.145. The Morgan fingerprint density at radius 3 is 2.88 bits per heavy atom. The Balaban J connectivity index is 2.65. The van der Waals surface area contributed by atoms with Crippen molar-refractivity contribution in [1.82, 2.24) is 9.78 Å². The molecule has 17 heavy (non-hydrogen) atoms. The second kappa shape index (κ2) is 6.00. The number of hydrogen-bond donors (Lipinski definition) is 2. The summed E-state index contributed by atoms with van der Waals surface area (Å²) in [6.45, 7) is 1.73. The molecule has 0 aromatic carbocycles. The van der Waals surface area contributed by atoms with Crippen molar-refractivity contribution in [3.8, 4) is 0 Å². The molecule has 1 aromatic rings. The normalized spacial score (nSPS) is 12.1. The lowest BCUT2D eigenvalue weighted by atomic mass is 10.2. The molecule has 0 amide bonds. The number of aliphatic hydroxyl groups is 1. The van der Waals surface area contributed by atoms with Crippen molar-refractivity contribution in [3.63, 3.8) is 0 Å². The zero-order valence-corrected chi connectivity index (χ0v) is 9.38. The molecule has 7 nitrogen and oxygen atoms in total. The van der Waals surface area contributed by atoms with Crippen molar-refractivity contribution in [2.24, 2.45) is 0 Å². The van der Waals surface area contributed by atoms with Crippen LogP contribution in [-0.2, 0) is 16.1 Å². The number of hydrogen-bond acceptors (Lipinski definition) is 5. The summed E-state index contributed by atoms with van der Waals surface area (Å²) >= 11 is 0. The SMILES string of the molecule is CCOC(=O)CC(O)Cn1[nH]c(=O)ccc1=O. The maximum absolute atomic E-state index is 11.3. The number of nitrogens with one attached hydrogen (secondary N) is 1. The van der Waals surface area contributed by atoms with Crippen molar-refractivity contribution in [1.29, 1.82) is 0 Å². The van der Waals surface area contributed by atoms with Gasteiger partial charge in [-0.25, -0.2) is 4.68 Å². The number of esters is 1. The van der Waals surface area contributed by atoms with Gasteiger partial charge >= 0.3 is 5.97 Å². The van der Waals surface area contributed by atoms with Crippen LogP contribution >= 0.6 is 0 Å². The number of aromatic nitrogens is 2. The molecule has 0 aliphatic rings. The summed E-state index contributed by atoms with van der Waals surface area (Å²) in [6, 6.07) is 2.19. The molecular formula is C10H14N2O5. The summed E-state index contributed by atoms with van der Waals surface area (Å²) in [5.74, 6) is -0.550. The first kappa shape index (κ1) is 13.2. The second-order valence-corrected chi connectivity index (χ2v) is 3.42. The highest BCUT2D eigenvalue weighted by atomic mass is 16.5. The fourth-order valence-electron chi connectivity index (χ4n) is 1.29. The monoisotopic (exact) mass is 242 g/mol. The minimum Gasteiger partial charge on any atom is -0.466 e. The Morgan fingerprint density at radius 1 is 1.53 bits per heavy atom. The minimum atomic E-state index is -1.08. The van der Waals surface area contributed by atoms with Crippen LogP contribution in [0.5, 0.6) is 0 Å². The van der Waals surface area contributed by atoms with E-state index in [1.165, 1.54) is 0 Å². The molecular weight excluding hydrogens is 228 g/mol. The van der Waals surface area contributed by atoms with Crippen LogP contribution in [0.15, 0.2) is 21.7 Å². The molecule has 1 atom stereocenters. The molecule has 0 saturated heterocycles. The van der Waals surface area contributed by atoms with Crippen LogP contribution in [-0.4, -0.2) is 33.6 Å². The van der Waals surface area contributed by atoms with Crippen molar-refractivity contribution in [2.45, 2.75) is 26.0 Å². The Bertz CT molecular complexity index is 490. The van der Waals surface area contributed by atoms with Gasteiger partial charge in [0.15, 0.2) is 0 Å². The van der Waals surface area contributed by atoms with E-state index in [-0.39, 0.29) is 19.6 Å². The third-order valence-electron chi connectivity index (χ3n) is 1.99. The first-order valence-corrected chi connectivity index (χ1v) is 5.16. The number of ether oxygens (including phenoxy) is 1. The Labute approximate surface area is 96.6 Å². The zero-order chi connectivity index (χ0) is 12.8. The van der Waals surface area contributed by atoms with Gasteiger partial charge in [-0.2, -0.15) is 0 Å². The number of rotatable bonds is 5. The fraction of sp³-hybridized carbons (Fsp3) is 0.500. The number of carbonyl (C=O) groups excluding carboxylic acids is 1. The summed E-state index contributed by atoms with van der Waals surface area (Å²) in [6.07, 6.45) is -1.30. The topological polar surface area (TPSA) is 101 Å². The highest BCUT2D eigenvalue weighted by Crippen LogP contribution is 1.96. The second-order valence-electron chi connectivity index (χ2n) is 3.42. The van der Waals surface area contributed by atoms with Gasteiger partial charge < -0.3 is 9.84 Å². The maximum atomic E-state index is 11.3. The molecule has 1 aromatic heterocycles. The maximum Gasteiger partial charge on any atom is 0.308 e. The molecule has 0 spiro atoms. The van der Waals surface area contributed by atoms with E-state index in [2.05, 4.69) is 9.84 Å². The fourth-order valence-corrected chi connectivity index (χ4v) is 1.29. The van der Waals surface area contributed by atoms with Crippen LogP contribution in [0, 0.1) is 0 Å². The van der Waals surface area contributed by atoms with E-state index < -0.39 is 23.2 Å². The first-order chi connectivity index (χ1) is 8.02. The highest BCUT2D eigenvalue weighted by Gasteiger charge is 2.13. The van der Waals surface area contributed by atoms with E-state index in [0.717, 1.165) is 16.8 Å². The third kappa shape index (κ3) is 4.23. The molecule has 0 radical (unpaired) electrons. The Hall–Kier alpha value is -1.89. The lowest BCUT2D eigenvalue weighted by Crippen LogP contribution is -2.33. The third-order valence-corrected chi connectivity index (χ3v) is 1.99. The van der Waals surface area contributed by atoms with Crippen LogP contribution in [0.1, 0.15) is 13.3 Å². The Kier molecular flexibility index (Phi) is 4.65. The van der Waals surface area contributed by atoms with Crippen LogP contribution in [0.2, 0.25) is 0 Å². The summed E-state index contributed by atoms with van der Waals surface area (Å²) < 4.78 is 5.60. The number of aromatic amines is 1. The van der Waals surface area contributed by atoms with E-state index in [1.54, 1.807) is 6.92 Å². The molecule has 94 valence electrons. The molecule has 0 fully saturated rings. The van der Waals surface area contributed by atoms with Crippen molar-refractivity contribution in [2.75, 3.05) is 6.61 Å². The smallest absolute Gasteiger partial charge is 0.308 e. The van der Waals surface area contributed by atoms with Gasteiger partial charge in [-0.15, -0.1) is 0 Å². The molecule has 0 saturated carbocycles. The summed E-state index contributed by atoms with van der Waals surface area (Å²) in [7, 11) is 0. The lowest BCUT2D eigenvalue weighted by Gasteiger charge is -2.11. The van der Waals surface area contributed by atoms with Gasteiger partial charge in [-0.1, -0.05) is 0 Å². The van der Waals surface area contributed by atoms with Gasteiger partial charge in [0.2, 0.25) is 0 Å². The molecule has 0 aliphatic carbocycles. The van der Waals surface area contributed by atoms with E-state index >= 15 is 0 Å². The summed E-state index contributed by atoms with van der Waals surface area (Å²) in [5, 5.41) is 11.8. The summed E-state index contributed by atoms with van der Waals surface area (Å²) in [4.78, 5) is 33.3. The predicted molar refractivity (Wildman–Crippen MR) is 58.6 cm³/mol.